The van der Waals surface area contributed by atoms with Crippen molar-refractivity contribution in [2.45, 2.75) is 26.2 Å². The maximum atomic E-state index is 11.9. The third-order valence-corrected chi connectivity index (χ3v) is 3.86. The minimum atomic E-state index is 0.0376. The van der Waals surface area contributed by atoms with E-state index in [2.05, 4.69) is 5.32 Å². The topological polar surface area (TPSA) is 47.6 Å². The molecule has 4 nitrogen and oxygen atoms in total. The van der Waals surface area contributed by atoms with Crippen molar-refractivity contribution in [3.8, 4) is 11.5 Å². The van der Waals surface area contributed by atoms with E-state index in [1.165, 1.54) is 0 Å². The van der Waals surface area contributed by atoms with Crippen LogP contribution in [0.15, 0.2) is 48.5 Å². The monoisotopic (exact) mass is 361 g/mol. The fourth-order valence-corrected chi connectivity index (χ4v) is 2.47. The number of ether oxygens (including phenoxy) is 2. The standard InChI is InChI=1S/C20H24ClNO3/c1-2-24-18-6-3-4-7-19(18)25-15-5-8-20(23)22-14-13-16-9-11-17(21)12-10-16/h3-4,6-7,9-12H,2,5,8,13-15H2,1H3,(H,22,23). The highest BCUT2D eigenvalue weighted by molar-refractivity contribution is 6.30. The minimum absolute atomic E-state index is 0.0376. The number of benzene rings is 2. The molecule has 1 amide bonds. The zero-order valence-electron chi connectivity index (χ0n) is 14.5. The van der Waals surface area contributed by atoms with Gasteiger partial charge in [0.1, 0.15) is 0 Å². The van der Waals surface area contributed by atoms with Gasteiger partial charge in [-0.15, -0.1) is 0 Å². The summed E-state index contributed by atoms with van der Waals surface area (Å²) in [4.78, 5) is 11.9. The molecule has 0 saturated heterocycles. The molecule has 0 fully saturated rings. The van der Waals surface area contributed by atoms with E-state index in [0.29, 0.717) is 38.3 Å². The van der Waals surface area contributed by atoms with Gasteiger partial charge in [-0.05, 0) is 49.6 Å². The van der Waals surface area contributed by atoms with Crippen LogP contribution in [0.25, 0.3) is 0 Å². The quantitative estimate of drug-likeness (QED) is 0.643. The van der Waals surface area contributed by atoms with Crippen molar-refractivity contribution in [1.82, 2.24) is 5.32 Å². The number of halogens is 1. The van der Waals surface area contributed by atoms with Crippen LogP contribution in [0.2, 0.25) is 5.02 Å². The molecular formula is C20H24ClNO3. The smallest absolute Gasteiger partial charge is 0.220 e. The summed E-state index contributed by atoms with van der Waals surface area (Å²) < 4.78 is 11.2. The van der Waals surface area contributed by atoms with Crippen molar-refractivity contribution >= 4 is 17.5 Å². The Bertz CT molecular complexity index is 658. The van der Waals surface area contributed by atoms with Gasteiger partial charge in [0.2, 0.25) is 5.91 Å². The van der Waals surface area contributed by atoms with Gasteiger partial charge < -0.3 is 14.8 Å². The van der Waals surface area contributed by atoms with Gasteiger partial charge in [0.25, 0.3) is 0 Å². The lowest BCUT2D eigenvalue weighted by atomic mass is 10.1. The summed E-state index contributed by atoms with van der Waals surface area (Å²) in [5.74, 6) is 1.49. The van der Waals surface area contributed by atoms with E-state index in [-0.39, 0.29) is 5.91 Å². The van der Waals surface area contributed by atoms with Gasteiger partial charge in [-0.2, -0.15) is 0 Å². The zero-order valence-corrected chi connectivity index (χ0v) is 15.2. The first kappa shape index (κ1) is 19.1. The second-order valence-corrected chi connectivity index (χ2v) is 5.99. The Morgan fingerprint density at radius 1 is 1.04 bits per heavy atom. The third-order valence-electron chi connectivity index (χ3n) is 3.60. The van der Waals surface area contributed by atoms with E-state index in [4.69, 9.17) is 21.1 Å². The molecule has 25 heavy (non-hydrogen) atoms. The molecule has 0 atom stereocenters. The lowest BCUT2D eigenvalue weighted by Gasteiger charge is -2.11. The van der Waals surface area contributed by atoms with Crippen LogP contribution in [0.1, 0.15) is 25.3 Å². The van der Waals surface area contributed by atoms with Crippen molar-refractivity contribution in [3.63, 3.8) is 0 Å². The number of carbonyl (C=O) groups is 1. The van der Waals surface area contributed by atoms with Gasteiger partial charge in [0.05, 0.1) is 13.2 Å². The predicted molar refractivity (Wildman–Crippen MR) is 101 cm³/mol. The fraction of sp³-hybridized carbons (Fsp3) is 0.350. The second kappa shape index (κ2) is 10.6. The maximum Gasteiger partial charge on any atom is 0.220 e. The Balaban J connectivity index is 1.61. The van der Waals surface area contributed by atoms with Crippen molar-refractivity contribution in [3.05, 3.63) is 59.1 Å². The van der Waals surface area contributed by atoms with Crippen LogP contribution in [0.5, 0.6) is 11.5 Å². The van der Waals surface area contributed by atoms with Gasteiger partial charge in [-0.1, -0.05) is 35.9 Å². The molecule has 0 aliphatic rings. The lowest BCUT2D eigenvalue weighted by molar-refractivity contribution is -0.121. The van der Waals surface area contributed by atoms with Crippen LogP contribution in [-0.4, -0.2) is 25.7 Å². The van der Waals surface area contributed by atoms with Gasteiger partial charge in [0, 0.05) is 18.0 Å². The highest BCUT2D eigenvalue weighted by Gasteiger charge is 2.05. The molecule has 0 aliphatic heterocycles. The summed E-state index contributed by atoms with van der Waals surface area (Å²) in [5, 5.41) is 3.64. The van der Waals surface area contributed by atoms with E-state index < -0.39 is 0 Å². The average molecular weight is 362 g/mol. The summed E-state index contributed by atoms with van der Waals surface area (Å²) in [6.07, 6.45) is 1.89. The zero-order chi connectivity index (χ0) is 17.9. The summed E-state index contributed by atoms with van der Waals surface area (Å²) in [5.41, 5.74) is 1.15. The molecule has 0 radical (unpaired) electrons. The van der Waals surface area contributed by atoms with E-state index in [9.17, 15) is 4.79 Å². The Morgan fingerprint density at radius 3 is 2.40 bits per heavy atom. The number of rotatable bonds is 10. The van der Waals surface area contributed by atoms with E-state index in [1.54, 1.807) is 0 Å². The SMILES string of the molecule is CCOc1ccccc1OCCCC(=O)NCCc1ccc(Cl)cc1. The summed E-state index contributed by atoms with van der Waals surface area (Å²) in [7, 11) is 0. The van der Waals surface area contributed by atoms with Crippen LogP contribution >= 0.6 is 11.6 Å². The van der Waals surface area contributed by atoms with Crippen LogP contribution in [0, 0.1) is 0 Å². The van der Waals surface area contributed by atoms with E-state index in [1.807, 2.05) is 55.5 Å². The van der Waals surface area contributed by atoms with Gasteiger partial charge in [-0.3, -0.25) is 4.79 Å². The van der Waals surface area contributed by atoms with Crippen LogP contribution < -0.4 is 14.8 Å². The van der Waals surface area contributed by atoms with Gasteiger partial charge in [0.15, 0.2) is 11.5 Å². The molecule has 0 heterocycles. The number of carbonyl (C=O) groups excluding carboxylic acids is 1. The summed E-state index contributed by atoms with van der Waals surface area (Å²) in [6, 6.07) is 15.2. The number of nitrogens with one attached hydrogen (secondary N) is 1. The van der Waals surface area contributed by atoms with Crippen LogP contribution in [-0.2, 0) is 11.2 Å². The highest BCUT2D eigenvalue weighted by Crippen LogP contribution is 2.26. The van der Waals surface area contributed by atoms with Crippen molar-refractivity contribution < 1.29 is 14.3 Å². The number of hydrogen-bond donors (Lipinski definition) is 1. The lowest BCUT2D eigenvalue weighted by Crippen LogP contribution is -2.25. The Morgan fingerprint density at radius 2 is 1.72 bits per heavy atom. The maximum absolute atomic E-state index is 11.9. The summed E-state index contributed by atoms with van der Waals surface area (Å²) in [6.45, 7) is 3.63. The molecule has 0 saturated carbocycles. The first-order valence-electron chi connectivity index (χ1n) is 8.55. The predicted octanol–water partition coefficient (Wildman–Crippen LogP) is 4.26. The Hall–Kier alpha value is -2.20. The van der Waals surface area contributed by atoms with Gasteiger partial charge >= 0.3 is 0 Å². The molecule has 0 aromatic heterocycles. The Labute approximate surface area is 154 Å². The molecule has 134 valence electrons. The molecule has 2 aromatic carbocycles. The summed E-state index contributed by atoms with van der Waals surface area (Å²) >= 11 is 5.85. The first-order chi connectivity index (χ1) is 12.2. The normalized spacial score (nSPS) is 10.3. The molecule has 0 unspecified atom stereocenters. The van der Waals surface area contributed by atoms with E-state index in [0.717, 1.165) is 22.8 Å². The van der Waals surface area contributed by atoms with Crippen molar-refractivity contribution in [2.24, 2.45) is 0 Å². The molecular weight excluding hydrogens is 338 g/mol. The third kappa shape index (κ3) is 7.06. The van der Waals surface area contributed by atoms with Gasteiger partial charge in [-0.25, -0.2) is 0 Å². The molecule has 5 heteroatoms. The number of para-hydroxylation sites is 2. The molecule has 0 spiro atoms. The van der Waals surface area contributed by atoms with Crippen LogP contribution in [0.4, 0.5) is 0 Å². The molecule has 0 aliphatic carbocycles. The van der Waals surface area contributed by atoms with Crippen molar-refractivity contribution in [2.75, 3.05) is 19.8 Å². The molecule has 2 rings (SSSR count). The fourth-order valence-electron chi connectivity index (χ4n) is 2.34. The average Bonchev–Trinajstić information content (AvgIpc) is 2.62. The number of hydrogen-bond acceptors (Lipinski definition) is 3. The second-order valence-electron chi connectivity index (χ2n) is 5.56. The highest BCUT2D eigenvalue weighted by atomic mass is 35.5. The Kier molecular flexibility index (Phi) is 8.13. The van der Waals surface area contributed by atoms with Crippen molar-refractivity contribution in [1.29, 1.82) is 0 Å². The molecule has 2 aromatic rings. The number of amides is 1. The minimum Gasteiger partial charge on any atom is -0.490 e. The molecule has 0 bridgehead atoms. The van der Waals surface area contributed by atoms with E-state index >= 15 is 0 Å². The van der Waals surface area contributed by atoms with Crippen LogP contribution in [0.3, 0.4) is 0 Å². The first-order valence-corrected chi connectivity index (χ1v) is 8.92. The largest absolute Gasteiger partial charge is 0.490 e. The molecule has 1 N–H and O–H groups in total.